The summed E-state index contributed by atoms with van der Waals surface area (Å²) in [7, 11) is 1.50. The topological polar surface area (TPSA) is 95.8 Å². The molecule has 0 radical (unpaired) electrons. The first-order chi connectivity index (χ1) is 16.0. The van der Waals surface area contributed by atoms with Crippen LogP contribution < -0.4 is 5.43 Å². The van der Waals surface area contributed by atoms with Crippen molar-refractivity contribution in [2.45, 2.75) is 31.9 Å². The Labute approximate surface area is 194 Å². The van der Waals surface area contributed by atoms with Crippen molar-refractivity contribution in [2.24, 2.45) is 0 Å². The molecule has 0 saturated heterocycles. The summed E-state index contributed by atoms with van der Waals surface area (Å²) in [6, 6.07) is 11.3. The average Bonchev–Trinajstić information content (AvgIpc) is 3.47. The monoisotopic (exact) mass is 464 g/mol. The standard InChI is InChI=1S/C25H24N2O5S/c1-31-13-16-10-22(28)24(30)25(32-16)19(15-7-9-33-14-15)11-23(29)27-8-6-18-17-4-2-3-5-20(17)26-21(18)12-27/h2-5,7,9-10,14,19,26,30H,6,8,11-13H2,1H3. The predicted molar refractivity (Wildman–Crippen MR) is 126 cm³/mol. The summed E-state index contributed by atoms with van der Waals surface area (Å²) >= 11 is 1.49. The van der Waals surface area contributed by atoms with Crippen LogP contribution in [0.2, 0.25) is 0 Å². The minimum absolute atomic E-state index is 0.0605. The lowest BCUT2D eigenvalue weighted by Crippen LogP contribution is -2.36. The van der Waals surface area contributed by atoms with Crippen LogP contribution in [0.1, 0.15) is 40.7 Å². The number of aromatic nitrogens is 1. The average molecular weight is 465 g/mol. The van der Waals surface area contributed by atoms with Gasteiger partial charge in [0.2, 0.25) is 17.1 Å². The lowest BCUT2D eigenvalue weighted by molar-refractivity contribution is -0.132. The van der Waals surface area contributed by atoms with Gasteiger partial charge in [-0.25, -0.2) is 0 Å². The zero-order chi connectivity index (χ0) is 22.9. The fourth-order valence-electron chi connectivity index (χ4n) is 4.55. The second-order valence-electron chi connectivity index (χ2n) is 8.23. The maximum Gasteiger partial charge on any atom is 0.227 e. The zero-order valence-corrected chi connectivity index (χ0v) is 19.0. The van der Waals surface area contributed by atoms with Crippen LogP contribution in [0, 0.1) is 0 Å². The molecule has 5 rings (SSSR count). The quantitative estimate of drug-likeness (QED) is 0.447. The molecule has 8 heteroatoms. The highest BCUT2D eigenvalue weighted by molar-refractivity contribution is 7.08. The number of nitrogens with one attached hydrogen (secondary N) is 1. The highest BCUT2D eigenvalue weighted by Gasteiger charge is 2.30. The molecule has 1 amide bonds. The number of rotatable bonds is 6. The smallest absolute Gasteiger partial charge is 0.227 e. The molecule has 33 heavy (non-hydrogen) atoms. The molecule has 7 nitrogen and oxygen atoms in total. The Bertz CT molecular complexity index is 1360. The SMILES string of the molecule is COCc1cc(=O)c(O)c(C(CC(=O)N2CCc3c([nH]c4ccccc34)C2)c2ccsc2)o1. The number of ether oxygens (including phenoxy) is 1. The summed E-state index contributed by atoms with van der Waals surface area (Å²) in [5.74, 6) is -0.684. The first kappa shape index (κ1) is 21.5. The summed E-state index contributed by atoms with van der Waals surface area (Å²) in [6.07, 6.45) is 0.858. The lowest BCUT2D eigenvalue weighted by atomic mass is 9.93. The zero-order valence-electron chi connectivity index (χ0n) is 18.2. The van der Waals surface area contributed by atoms with Crippen molar-refractivity contribution < 1.29 is 19.1 Å². The molecule has 170 valence electrons. The third kappa shape index (κ3) is 4.07. The van der Waals surface area contributed by atoms with Gasteiger partial charge in [-0.15, -0.1) is 0 Å². The Morgan fingerprint density at radius 3 is 2.97 bits per heavy atom. The number of para-hydroxylation sites is 1. The van der Waals surface area contributed by atoms with E-state index in [0.717, 1.165) is 23.2 Å². The van der Waals surface area contributed by atoms with Gasteiger partial charge in [-0.1, -0.05) is 18.2 Å². The van der Waals surface area contributed by atoms with Crippen molar-refractivity contribution in [3.63, 3.8) is 0 Å². The maximum atomic E-state index is 13.4. The first-order valence-corrected chi connectivity index (χ1v) is 11.7. The van der Waals surface area contributed by atoms with E-state index in [1.807, 2.05) is 39.9 Å². The van der Waals surface area contributed by atoms with Gasteiger partial charge in [-0.05, 0) is 40.4 Å². The number of nitrogens with zero attached hydrogens (tertiary/aromatic N) is 1. The number of methoxy groups -OCH3 is 1. The molecule has 1 aromatic carbocycles. The summed E-state index contributed by atoms with van der Waals surface area (Å²) < 4.78 is 10.9. The Morgan fingerprint density at radius 1 is 1.33 bits per heavy atom. The molecule has 0 saturated carbocycles. The van der Waals surface area contributed by atoms with E-state index in [1.165, 1.54) is 35.5 Å². The molecule has 0 fully saturated rings. The molecule has 0 bridgehead atoms. The molecule has 4 heterocycles. The number of thiophene rings is 1. The van der Waals surface area contributed by atoms with Crippen LogP contribution in [0.25, 0.3) is 10.9 Å². The predicted octanol–water partition coefficient (Wildman–Crippen LogP) is 4.14. The number of aromatic amines is 1. The molecule has 2 N–H and O–H groups in total. The molecular weight excluding hydrogens is 440 g/mol. The number of hydrogen-bond donors (Lipinski definition) is 2. The van der Waals surface area contributed by atoms with Gasteiger partial charge < -0.3 is 24.1 Å². The molecule has 1 aliphatic heterocycles. The number of amides is 1. The van der Waals surface area contributed by atoms with Crippen LogP contribution in [-0.4, -0.2) is 34.6 Å². The van der Waals surface area contributed by atoms with Gasteiger partial charge in [0.1, 0.15) is 12.4 Å². The Morgan fingerprint density at radius 2 is 2.18 bits per heavy atom. The second kappa shape index (κ2) is 8.88. The molecule has 0 aliphatic carbocycles. The van der Waals surface area contributed by atoms with Crippen molar-refractivity contribution >= 4 is 28.1 Å². The minimum atomic E-state index is -0.572. The summed E-state index contributed by atoms with van der Waals surface area (Å²) in [6.45, 7) is 1.21. The van der Waals surface area contributed by atoms with Crippen LogP contribution in [0.4, 0.5) is 0 Å². The van der Waals surface area contributed by atoms with E-state index in [-0.39, 0.29) is 24.7 Å². The van der Waals surface area contributed by atoms with Crippen molar-refractivity contribution in [3.8, 4) is 5.75 Å². The summed E-state index contributed by atoms with van der Waals surface area (Å²) in [4.78, 5) is 31.0. The maximum absolute atomic E-state index is 13.4. The fraction of sp³-hybridized carbons (Fsp3) is 0.280. The van der Waals surface area contributed by atoms with E-state index in [2.05, 4.69) is 11.1 Å². The van der Waals surface area contributed by atoms with Gasteiger partial charge in [0.05, 0.1) is 12.5 Å². The number of hydrogen-bond acceptors (Lipinski definition) is 6. The molecular formula is C25H24N2O5S. The first-order valence-electron chi connectivity index (χ1n) is 10.8. The van der Waals surface area contributed by atoms with E-state index in [0.29, 0.717) is 18.8 Å². The van der Waals surface area contributed by atoms with E-state index in [9.17, 15) is 14.7 Å². The second-order valence-corrected chi connectivity index (χ2v) is 9.01. The minimum Gasteiger partial charge on any atom is -0.502 e. The van der Waals surface area contributed by atoms with Crippen LogP contribution in [0.5, 0.6) is 5.75 Å². The number of carbonyl (C=O) groups excluding carboxylic acids is 1. The normalized spacial score (nSPS) is 14.4. The Kier molecular flexibility index (Phi) is 5.78. The van der Waals surface area contributed by atoms with Crippen LogP contribution >= 0.6 is 11.3 Å². The molecule has 0 spiro atoms. The highest BCUT2D eigenvalue weighted by Crippen LogP contribution is 2.35. The van der Waals surface area contributed by atoms with Gasteiger partial charge in [-0.3, -0.25) is 9.59 Å². The molecule has 1 atom stereocenters. The Hall–Kier alpha value is -3.36. The fourth-order valence-corrected chi connectivity index (χ4v) is 5.26. The number of benzene rings is 1. The number of H-pyrrole nitrogens is 1. The number of aromatic hydroxyl groups is 1. The van der Waals surface area contributed by atoms with Gasteiger partial charge >= 0.3 is 0 Å². The van der Waals surface area contributed by atoms with E-state index < -0.39 is 17.1 Å². The van der Waals surface area contributed by atoms with Crippen molar-refractivity contribution in [2.75, 3.05) is 13.7 Å². The Balaban J connectivity index is 1.44. The van der Waals surface area contributed by atoms with Crippen LogP contribution in [0.3, 0.4) is 0 Å². The number of carbonyl (C=O) groups is 1. The summed E-state index contributed by atoms with van der Waals surface area (Å²) in [5, 5.41) is 15.5. The van der Waals surface area contributed by atoms with E-state index >= 15 is 0 Å². The lowest BCUT2D eigenvalue weighted by Gasteiger charge is -2.28. The van der Waals surface area contributed by atoms with Gasteiger partial charge in [0.15, 0.2) is 5.76 Å². The van der Waals surface area contributed by atoms with E-state index in [1.54, 1.807) is 0 Å². The number of fused-ring (bicyclic) bond motifs is 3. The summed E-state index contributed by atoms with van der Waals surface area (Å²) in [5.41, 5.74) is 3.68. The van der Waals surface area contributed by atoms with E-state index in [4.69, 9.17) is 9.15 Å². The van der Waals surface area contributed by atoms with Gasteiger partial charge in [-0.2, -0.15) is 11.3 Å². The third-order valence-electron chi connectivity index (χ3n) is 6.16. The van der Waals surface area contributed by atoms with Gasteiger partial charge in [0.25, 0.3) is 0 Å². The van der Waals surface area contributed by atoms with Crippen molar-refractivity contribution in [1.29, 1.82) is 0 Å². The highest BCUT2D eigenvalue weighted by atomic mass is 32.1. The van der Waals surface area contributed by atoms with Gasteiger partial charge in [0, 0.05) is 42.7 Å². The molecule has 4 aromatic rings. The molecule has 1 unspecified atom stereocenters. The van der Waals surface area contributed by atoms with Crippen LogP contribution in [0.15, 0.2) is 56.4 Å². The van der Waals surface area contributed by atoms with Crippen molar-refractivity contribution in [3.05, 3.63) is 85.7 Å². The third-order valence-corrected chi connectivity index (χ3v) is 6.86. The molecule has 3 aromatic heterocycles. The van der Waals surface area contributed by atoms with Crippen LogP contribution in [-0.2, 0) is 29.1 Å². The van der Waals surface area contributed by atoms with Crippen molar-refractivity contribution in [1.82, 2.24) is 9.88 Å². The largest absolute Gasteiger partial charge is 0.502 e. The molecule has 1 aliphatic rings.